The molecule has 0 bridgehead atoms. The Balaban J connectivity index is 1.25. The lowest BCUT2D eigenvalue weighted by Gasteiger charge is -2.49. The van der Waals surface area contributed by atoms with Gasteiger partial charge in [0.25, 0.3) is 0 Å². The molecule has 1 atom stereocenters. The molecule has 4 aromatic rings. The minimum absolute atomic E-state index is 0.0275. The molecule has 0 radical (unpaired) electrons. The van der Waals surface area contributed by atoms with Crippen molar-refractivity contribution in [3.63, 3.8) is 0 Å². The van der Waals surface area contributed by atoms with Gasteiger partial charge in [-0.15, -0.1) is 0 Å². The molecule has 1 unspecified atom stereocenters. The van der Waals surface area contributed by atoms with E-state index in [1.807, 2.05) is 0 Å². The fourth-order valence-electron chi connectivity index (χ4n) is 9.41. The van der Waals surface area contributed by atoms with E-state index in [0.29, 0.717) is 31.2 Å². The molecular weight excluding hydrogens is 662 g/mol. The average molecular weight is 720 g/mol. The monoisotopic (exact) mass is 719 g/mol. The summed E-state index contributed by atoms with van der Waals surface area (Å²) in [7, 11) is 3.45. The number of carbonyl (C=O) groups excluding carboxylic acids is 1. The lowest BCUT2D eigenvalue weighted by atomic mass is 9.63. The van der Waals surface area contributed by atoms with E-state index in [-0.39, 0.29) is 22.7 Å². The Morgan fingerprint density at radius 1 is 0.868 bits per heavy atom. The summed E-state index contributed by atoms with van der Waals surface area (Å²) in [6, 6.07) is 32.8. The number of hydrogen-bond donors (Lipinski definition) is 3. The van der Waals surface area contributed by atoms with Gasteiger partial charge in [0, 0.05) is 30.5 Å². The van der Waals surface area contributed by atoms with Crippen LogP contribution in [0.5, 0.6) is 11.5 Å². The van der Waals surface area contributed by atoms with Crippen molar-refractivity contribution in [2.45, 2.75) is 88.0 Å². The Morgan fingerprint density at radius 2 is 1.49 bits per heavy atom. The highest BCUT2D eigenvalue weighted by Gasteiger charge is 2.45. The number of halogens is 1. The van der Waals surface area contributed by atoms with Crippen LogP contribution in [0.4, 0.5) is 4.39 Å². The van der Waals surface area contributed by atoms with Crippen molar-refractivity contribution in [2.75, 3.05) is 33.9 Å². The first kappa shape index (κ1) is 38.5. The third kappa shape index (κ3) is 8.96. The Hall–Kier alpha value is -4.20. The van der Waals surface area contributed by atoms with Crippen LogP contribution in [-0.4, -0.2) is 39.8 Å². The van der Waals surface area contributed by atoms with E-state index in [9.17, 15) is 9.18 Å². The van der Waals surface area contributed by atoms with E-state index in [1.54, 1.807) is 26.4 Å². The highest BCUT2D eigenvalue weighted by Crippen LogP contribution is 2.50. The molecule has 4 N–H and O–H groups in total. The Labute approximate surface area is 316 Å². The largest absolute Gasteiger partial charge is 0.493 e. The predicted molar refractivity (Wildman–Crippen MR) is 212 cm³/mol. The number of carbonyl (C=O) groups is 1. The summed E-state index contributed by atoms with van der Waals surface area (Å²) in [5, 5.41) is 7.33. The van der Waals surface area contributed by atoms with Gasteiger partial charge >= 0.3 is 0 Å². The van der Waals surface area contributed by atoms with Gasteiger partial charge in [0.2, 0.25) is 5.91 Å². The summed E-state index contributed by atoms with van der Waals surface area (Å²) in [5.74, 6) is 2.45. The SMILES string of the molecule is COc1cc2c(cc1OC)C(CCCC(CCCNC(=O)CCc1ccc(F)cc1)(c1ccccc1)c1ccccc1)(C1CCC(CN)CC1)NCC2. The second-order valence-corrected chi connectivity index (χ2v) is 15.2. The number of ether oxygens (including phenoxy) is 2. The van der Waals surface area contributed by atoms with E-state index in [4.69, 9.17) is 15.2 Å². The van der Waals surface area contributed by atoms with Crippen LogP contribution in [0.1, 0.15) is 92.0 Å². The fourth-order valence-corrected chi connectivity index (χ4v) is 9.41. The third-order valence-electron chi connectivity index (χ3n) is 12.3. The zero-order chi connectivity index (χ0) is 37.1. The lowest BCUT2D eigenvalue weighted by Crippen LogP contribution is -2.53. The van der Waals surface area contributed by atoms with E-state index >= 15 is 0 Å². The van der Waals surface area contributed by atoms with Gasteiger partial charge in [-0.2, -0.15) is 0 Å². The second kappa shape index (κ2) is 18.2. The maximum Gasteiger partial charge on any atom is 0.220 e. The van der Waals surface area contributed by atoms with E-state index in [0.717, 1.165) is 81.5 Å². The van der Waals surface area contributed by atoms with Gasteiger partial charge in [-0.25, -0.2) is 4.39 Å². The summed E-state index contributed by atoms with van der Waals surface area (Å²) in [6.45, 7) is 2.30. The van der Waals surface area contributed by atoms with Crippen LogP contribution in [0.3, 0.4) is 0 Å². The molecule has 0 saturated heterocycles. The normalized spacial score (nSPS) is 20.0. The van der Waals surface area contributed by atoms with Gasteiger partial charge < -0.3 is 25.8 Å². The van der Waals surface area contributed by atoms with Crippen LogP contribution in [0.2, 0.25) is 0 Å². The molecule has 1 aliphatic heterocycles. The molecule has 4 aromatic carbocycles. The van der Waals surface area contributed by atoms with Gasteiger partial charge in [0.1, 0.15) is 5.82 Å². The highest BCUT2D eigenvalue weighted by atomic mass is 19.1. The summed E-state index contributed by atoms with van der Waals surface area (Å²) >= 11 is 0. The van der Waals surface area contributed by atoms with E-state index in [2.05, 4.69) is 83.4 Å². The maximum atomic E-state index is 13.4. The Morgan fingerprint density at radius 3 is 2.11 bits per heavy atom. The first-order chi connectivity index (χ1) is 25.9. The molecule has 0 aromatic heterocycles. The van der Waals surface area contributed by atoms with Gasteiger partial charge in [0.05, 0.1) is 14.2 Å². The summed E-state index contributed by atoms with van der Waals surface area (Å²) in [5.41, 5.74) is 12.1. The number of fused-ring (bicyclic) bond motifs is 1. The smallest absolute Gasteiger partial charge is 0.220 e. The molecule has 7 heteroatoms. The molecule has 282 valence electrons. The molecule has 6 rings (SSSR count). The van der Waals surface area contributed by atoms with Gasteiger partial charge in [0.15, 0.2) is 11.5 Å². The molecule has 1 fully saturated rings. The molecule has 0 spiro atoms. The molecule has 53 heavy (non-hydrogen) atoms. The highest BCUT2D eigenvalue weighted by molar-refractivity contribution is 5.76. The van der Waals surface area contributed by atoms with Crippen LogP contribution < -0.4 is 25.8 Å². The summed E-state index contributed by atoms with van der Waals surface area (Å²) in [6.07, 6.45) is 11.3. The van der Waals surface area contributed by atoms with Crippen molar-refractivity contribution in [1.29, 1.82) is 0 Å². The van der Waals surface area contributed by atoms with Gasteiger partial charge in [-0.3, -0.25) is 4.79 Å². The molecule has 6 nitrogen and oxygen atoms in total. The number of rotatable bonds is 17. The van der Waals surface area contributed by atoms with E-state index in [1.165, 1.54) is 47.2 Å². The quantitative estimate of drug-likeness (QED) is 0.0952. The number of nitrogens with two attached hydrogens (primary N) is 1. The van der Waals surface area contributed by atoms with Gasteiger partial charge in [-0.05, 0) is 135 Å². The molecule has 1 amide bonds. The first-order valence-electron chi connectivity index (χ1n) is 19.7. The van der Waals surface area contributed by atoms with Crippen molar-refractivity contribution in [3.8, 4) is 11.5 Å². The topological polar surface area (TPSA) is 85.6 Å². The van der Waals surface area contributed by atoms with Crippen LogP contribution in [0.25, 0.3) is 0 Å². The zero-order valence-electron chi connectivity index (χ0n) is 31.7. The minimum atomic E-state index is -0.260. The Kier molecular flexibility index (Phi) is 13.2. The second-order valence-electron chi connectivity index (χ2n) is 15.2. The number of benzene rings is 4. The fraction of sp³-hybridized carbons (Fsp3) is 0.457. The molecular formula is C46H58FN3O3. The molecule has 1 heterocycles. The van der Waals surface area contributed by atoms with Crippen molar-refractivity contribution < 1.29 is 18.7 Å². The summed E-state index contributed by atoms with van der Waals surface area (Å²) < 4.78 is 25.0. The van der Waals surface area contributed by atoms with Crippen LogP contribution in [0.15, 0.2) is 97.1 Å². The van der Waals surface area contributed by atoms with Crippen LogP contribution >= 0.6 is 0 Å². The average Bonchev–Trinajstić information content (AvgIpc) is 3.21. The van der Waals surface area contributed by atoms with Crippen molar-refractivity contribution >= 4 is 5.91 Å². The predicted octanol–water partition coefficient (Wildman–Crippen LogP) is 8.63. The van der Waals surface area contributed by atoms with Crippen molar-refractivity contribution in [1.82, 2.24) is 10.6 Å². The van der Waals surface area contributed by atoms with Crippen LogP contribution in [-0.2, 0) is 28.6 Å². The summed E-state index contributed by atoms with van der Waals surface area (Å²) in [4.78, 5) is 12.9. The number of aryl methyl sites for hydroxylation is 1. The zero-order valence-corrected chi connectivity index (χ0v) is 31.7. The third-order valence-corrected chi connectivity index (χ3v) is 12.3. The van der Waals surface area contributed by atoms with E-state index < -0.39 is 0 Å². The van der Waals surface area contributed by atoms with Crippen molar-refractivity contribution in [3.05, 3.63) is 131 Å². The van der Waals surface area contributed by atoms with Crippen molar-refractivity contribution in [2.24, 2.45) is 17.6 Å². The van der Waals surface area contributed by atoms with Gasteiger partial charge in [-0.1, -0.05) is 79.2 Å². The standard InChI is InChI=1S/C46H58FN3O3/c1-52-42-31-36-25-30-50-46(41(36)32-43(42)53-2,39-20-15-35(33-48)16-21-39)28-9-26-45(37-11-5-3-6-12-37,38-13-7-4-8-14-38)27-10-29-49-44(51)24-19-34-17-22-40(47)23-18-34/h3-8,11-14,17-18,22-23,31-32,35,39,50H,9-10,15-16,19-21,24-30,33,48H2,1-2H3,(H,49,51). The first-order valence-corrected chi connectivity index (χ1v) is 19.7. The lowest BCUT2D eigenvalue weighted by molar-refractivity contribution is -0.121. The molecule has 2 aliphatic rings. The maximum absolute atomic E-state index is 13.4. The number of amides is 1. The molecule has 1 saturated carbocycles. The Bertz CT molecular complexity index is 1700. The molecule has 1 aliphatic carbocycles. The number of hydrogen-bond acceptors (Lipinski definition) is 5. The van der Waals surface area contributed by atoms with Crippen LogP contribution in [0, 0.1) is 17.7 Å². The minimum Gasteiger partial charge on any atom is -0.493 e. The number of nitrogens with one attached hydrogen (secondary N) is 2. The number of methoxy groups -OCH3 is 2.